The summed E-state index contributed by atoms with van der Waals surface area (Å²) in [5.74, 6) is -0.910. The van der Waals surface area contributed by atoms with E-state index in [1.807, 2.05) is 36.6 Å². The Kier molecular flexibility index (Phi) is 5.87. The number of carboxylic acids is 1. The van der Waals surface area contributed by atoms with Gasteiger partial charge in [-0.05, 0) is 31.2 Å². The summed E-state index contributed by atoms with van der Waals surface area (Å²) in [7, 11) is 0. The van der Waals surface area contributed by atoms with Crippen LogP contribution in [0.3, 0.4) is 0 Å². The van der Waals surface area contributed by atoms with Gasteiger partial charge in [-0.15, -0.1) is 11.3 Å². The number of ketones is 1. The Morgan fingerprint density at radius 3 is 2.61 bits per heavy atom. The minimum atomic E-state index is -0.952. The molecule has 0 radical (unpaired) electrons. The van der Waals surface area contributed by atoms with Crippen LogP contribution in [-0.4, -0.2) is 28.4 Å². The Bertz CT molecular complexity index is 678. The Labute approximate surface area is 138 Å². The molecule has 1 aromatic heterocycles. The largest absolute Gasteiger partial charge is 0.494 e. The number of nitrogens with zero attached hydrogens (tertiary/aromatic N) is 1. The highest BCUT2D eigenvalue weighted by Crippen LogP contribution is 2.26. The molecule has 6 heteroatoms. The molecule has 0 spiro atoms. The summed E-state index contributed by atoms with van der Waals surface area (Å²) in [6.45, 7) is 4.09. The van der Waals surface area contributed by atoms with E-state index in [0.29, 0.717) is 12.3 Å². The van der Waals surface area contributed by atoms with Gasteiger partial charge in [-0.25, -0.2) is 4.98 Å². The molecule has 0 amide bonds. The third-order valence-corrected chi connectivity index (χ3v) is 4.24. The zero-order valence-corrected chi connectivity index (χ0v) is 13.9. The summed E-state index contributed by atoms with van der Waals surface area (Å²) >= 11 is 1.47. The molecule has 5 nitrogen and oxygen atoms in total. The molecule has 2 aromatic rings. The minimum absolute atomic E-state index is 0.0330. The SMILES string of the molecule is CCOc1ccc(-c2nc(CC(=O)C[C@@H](C)C(=O)O)cs2)cc1. The van der Waals surface area contributed by atoms with Crippen LogP contribution < -0.4 is 4.74 Å². The molecule has 0 bridgehead atoms. The second kappa shape index (κ2) is 7.87. The maximum absolute atomic E-state index is 11.9. The molecule has 0 fully saturated rings. The van der Waals surface area contributed by atoms with Crippen LogP contribution in [-0.2, 0) is 16.0 Å². The fourth-order valence-electron chi connectivity index (χ4n) is 2.08. The average Bonchev–Trinajstić information content (AvgIpc) is 2.96. The Morgan fingerprint density at radius 1 is 1.30 bits per heavy atom. The van der Waals surface area contributed by atoms with Crippen LogP contribution in [0.4, 0.5) is 0 Å². The van der Waals surface area contributed by atoms with E-state index in [2.05, 4.69) is 4.98 Å². The molecule has 122 valence electrons. The highest BCUT2D eigenvalue weighted by Gasteiger charge is 2.17. The minimum Gasteiger partial charge on any atom is -0.494 e. The normalized spacial score (nSPS) is 11.9. The van der Waals surface area contributed by atoms with Gasteiger partial charge in [0.15, 0.2) is 0 Å². The predicted octanol–water partition coefficient (Wildman–Crippen LogP) is 3.43. The fraction of sp³-hybridized carbons (Fsp3) is 0.353. The van der Waals surface area contributed by atoms with E-state index in [-0.39, 0.29) is 18.6 Å². The van der Waals surface area contributed by atoms with Crippen LogP contribution in [0.5, 0.6) is 5.75 Å². The smallest absolute Gasteiger partial charge is 0.306 e. The topological polar surface area (TPSA) is 76.5 Å². The number of aliphatic carboxylic acids is 1. The lowest BCUT2D eigenvalue weighted by molar-refractivity contribution is -0.143. The van der Waals surface area contributed by atoms with Gasteiger partial charge < -0.3 is 9.84 Å². The first kappa shape index (κ1) is 17.1. The molecule has 1 heterocycles. The maximum Gasteiger partial charge on any atom is 0.306 e. The van der Waals surface area contributed by atoms with Crippen LogP contribution in [0.1, 0.15) is 26.0 Å². The molecule has 2 rings (SSSR count). The molecular weight excluding hydrogens is 314 g/mol. The van der Waals surface area contributed by atoms with Crippen LogP contribution in [0.15, 0.2) is 29.6 Å². The van der Waals surface area contributed by atoms with Crippen molar-refractivity contribution in [1.82, 2.24) is 4.98 Å². The molecule has 0 aliphatic rings. The Balaban J connectivity index is 2.00. The van der Waals surface area contributed by atoms with Gasteiger partial charge in [-0.2, -0.15) is 0 Å². The van der Waals surface area contributed by atoms with Gasteiger partial charge >= 0.3 is 5.97 Å². The molecular formula is C17H19NO4S. The van der Waals surface area contributed by atoms with E-state index in [1.54, 1.807) is 0 Å². The van der Waals surface area contributed by atoms with Crippen molar-refractivity contribution in [3.63, 3.8) is 0 Å². The number of carboxylic acid groups (broad SMARTS) is 1. The second-order valence-electron chi connectivity index (χ2n) is 5.26. The Morgan fingerprint density at radius 2 is 2.00 bits per heavy atom. The molecule has 0 saturated heterocycles. The van der Waals surface area contributed by atoms with Crippen molar-refractivity contribution in [2.24, 2.45) is 5.92 Å². The summed E-state index contributed by atoms with van der Waals surface area (Å²) < 4.78 is 5.40. The lowest BCUT2D eigenvalue weighted by atomic mass is 10.0. The second-order valence-corrected chi connectivity index (χ2v) is 6.12. The van der Waals surface area contributed by atoms with Gasteiger partial charge in [0.2, 0.25) is 0 Å². The lowest BCUT2D eigenvalue weighted by Gasteiger charge is -2.04. The number of carbonyl (C=O) groups excluding carboxylic acids is 1. The lowest BCUT2D eigenvalue weighted by Crippen LogP contribution is -2.16. The van der Waals surface area contributed by atoms with Crippen LogP contribution in [0.2, 0.25) is 0 Å². The van der Waals surface area contributed by atoms with Crippen LogP contribution in [0, 0.1) is 5.92 Å². The molecule has 0 aliphatic carbocycles. The molecule has 23 heavy (non-hydrogen) atoms. The molecule has 1 atom stereocenters. The first-order valence-corrected chi connectivity index (χ1v) is 8.29. The van der Waals surface area contributed by atoms with Crippen molar-refractivity contribution in [1.29, 1.82) is 0 Å². The van der Waals surface area contributed by atoms with Crippen molar-refractivity contribution >= 4 is 23.1 Å². The van der Waals surface area contributed by atoms with E-state index < -0.39 is 11.9 Å². The first-order chi connectivity index (χ1) is 11.0. The van der Waals surface area contributed by atoms with Gasteiger partial charge in [0, 0.05) is 23.8 Å². The highest BCUT2D eigenvalue weighted by molar-refractivity contribution is 7.13. The van der Waals surface area contributed by atoms with E-state index in [9.17, 15) is 9.59 Å². The third-order valence-electron chi connectivity index (χ3n) is 3.30. The molecule has 0 aliphatic heterocycles. The zero-order chi connectivity index (χ0) is 16.8. The summed E-state index contributed by atoms with van der Waals surface area (Å²) in [5.41, 5.74) is 1.65. The monoisotopic (exact) mass is 333 g/mol. The number of aromatic nitrogens is 1. The standard InChI is InChI=1S/C17H19NO4S/c1-3-22-15-6-4-12(5-7-15)16-18-13(10-23-16)9-14(19)8-11(2)17(20)21/h4-7,10-11H,3,8-9H2,1-2H3,(H,20,21)/t11-/m1/s1. The van der Waals surface area contributed by atoms with E-state index in [0.717, 1.165) is 16.3 Å². The third kappa shape index (κ3) is 4.89. The van der Waals surface area contributed by atoms with Gasteiger partial charge in [-0.3, -0.25) is 9.59 Å². The highest BCUT2D eigenvalue weighted by atomic mass is 32.1. The van der Waals surface area contributed by atoms with Crippen LogP contribution in [0.25, 0.3) is 10.6 Å². The number of ether oxygens (including phenoxy) is 1. The van der Waals surface area contributed by atoms with Crippen molar-refractivity contribution < 1.29 is 19.4 Å². The average molecular weight is 333 g/mol. The summed E-state index contributed by atoms with van der Waals surface area (Å²) in [5, 5.41) is 11.5. The molecule has 0 unspecified atom stereocenters. The van der Waals surface area contributed by atoms with Crippen molar-refractivity contribution in [2.45, 2.75) is 26.7 Å². The number of hydrogen-bond acceptors (Lipinski definition) is 5. The zero-order valence-electron chi connectivity index (χ0n) is 13.1. The van der Waals surface area contributed by atoms with Crippen molar-refractivity contribution in [3.05, 3.63) is 35.3 Å². The Hall–Kier alpha value is -2.21. The molecule has 0 saturated carbocycles. The molecule has 1 N–H and O–H groups in total. The van der Waals surface area contributed by atoms with E-state index in [4.69, 9.17) is 9.84 Å². The summed E-state index contributed by atoms with van der Waals surface area (Å²) in [4.78, 5) is 27.1. The maximum atomic E-state index is 11.9. The number of thiazole rings is 1. The first-order valence-electron chi connectivity index (χ1n) is 7.41. The quantitative estimate of drug-likeness (QED) is 0.801. The van der Waals surface area contributed by atoms with E-state index in [1.165, 1.54) is 18.3 Å². The fourth-order valence-corrected chi connectivity index (χ4v) is 2.91. The van der Waals surface area contributed by atoms with Gasteiger partial charge in [0.05, 0.1) is 18.2 Å². The van der Waals surface area contributed by atoms with E-state index >= 15 is 0 Å². The van der Waals surface area contributed by atoms with Gasteiger partial charge in [0.1, 0.15) is 16.5 Å². The number of carbonyl (C=O) groups is 2. The van der Waals surface area contributed by atoms with Gasteiger partial charge in [-0.1, -0.05) is 6.92 Å². The van der Waals surface area contributed by atoms with Gasteiger partial charge in [0.25, 0.3) is 0 Å². The predicted molar refractivity (Wildman–Crippen MR) is 88.8 cm³/mol. The summed E-state index contributed by atoms with van der Waals surface area (Å²) in [6, 6.07) is 7.64. The van der Waals surface area contributed by atoms with Crippen molar-refractivity contribution in [2.75, 3.05) is 6.61 Å². The van der Waals surface area contributed by atoms with Crippen molar-refractivity contribution in [3.8, 4) is 16.3 Å². The molecule has 1 aromatic carbocycles. The number of Topliss-reactive ketones (excluding diaryl/α,β-unsaturated/α-hetero) is 1. The number of hydrogen-bond donors (Lipinski definition) is 1. The number of rotatable bonds is 8. The summed E-state index contributed by atoms with van der Waals surface area (Å²) in [6.07, 6.45) is 0.205. The number of benzene rings is 1. The van der Waals surface area contributed by atoms with Crippen LogP contribution >= 0.6 is 11.3 Å².